The van der Waals surface area contributed by atoms with Crippen LogP contribution >= 0.6 is 0 Å². The van der Waals surface area contributed by atoms with Crippen LogP contribution in [0.4, 0.5) is 4.79 Å². The number of rotatable bonds is 4. The monoisotopic (exact) mass is 216 g/mol. The minimum atomic E-state index is -0.437. The molecule has 0 spiro atoms. The van der Waals surface area contributed by atoms with E-state index < -0.39 is 5.60 Å². The van der Waals surface area contributed by atoms with Gasteiger partial charge < -0.3 is 14.9 Å². The fourth-order valence-electron chi connectivity index (χ4n) is 1.42. The molecule has 15 heavy (non-hydrogen) atoms. The van der Waals surface area contributed by atoms with E-state index >= 15 is 0 Å². The summed E-state index contributed by atoms with van der Waals surface area (Å²) in [5.41, 5.74) is -0.437. The van der Waals surface area contributed by atoms with E-state index in [1.807, 2.05) is 20.8 Å². The molecule has 3 N–H and O–H groups in total. The van der Waals surface area contributed by atoms with Gasteiger partial charge >= 0.3 is 6.09 Å². The molecule has 0 aromatic carbocycles. The minimum Gasteiger partial charge on any atom is -0.444 e. The highest BCUT2D eigenvalue weighted by Gasteiger charge is 2.37. The van der Waals surface area contributed by atoms with E-state index in [0.29, 0.717) is 25.0 Å². The third-order valence-corrected chi connectivity index (χ3v) is 2.29. The largest absolute Gasteiger partial charge is 0.444 e. The molecule has 0 bridgehead atoms. The molecule has 1 aliphatic carbocycles. The van der Waals surface area contributed by atoms with Crippen molar-refractivity contribution >= 4 is 6.09 Å². The Bertz CT molecular complexity index is 225. The number of hydrogen-bond acceptors (Lipinski definition) is 4. The van der Waals surface area contributed by atoms with Crippen molar-refractivity contribution in [2.24, 2.45) is 17.7 Å². The number of ether oxygens (including phenoxy) is 1. The molecule has 5 nitrogen and oxygen atoms in total. The molecule has 1 rings (SSSR count). The van der Waals surface area contributed by atoms with E-state index in [9.17, 15) is 4.79 Å². The SMILES string of the molecule is CC(C)(C)OC(=O)NC[C@@H]1C[C@H]1CON. The number of nitrogens with one attached hydrogen (secondary N) is 1. The lowest BCUT2D eigenvalue weighted by molar-refractivity contribution is 0.0522. The highest BCUT2D eigenvalue weighted by atomic mass is 16.6. The van der Waals surface area contributed by atoms with Crippen LogP contribution in [0.1, 0.15) is 27.2 Å². The van der Waals surface area contributed by atoms with Gasteiger partial charge in [0.05, 0.1) is 6.61 Å². The first-order valence-electron chi connectivity index (χ1n) is 5.21. The molecule has 2 atom stereocenters. The van der Waals surface area contributed by atoms with Crippen LogP contribution in [0.2, 0.25) is 0 Å². The smallest absolute Gasteiger partial charge is 0.407 e. The van der Waals surface area contributed by atoms with Gasteiger partial charge in [-0.3, -0.25) is 0 Å². The molecule has 0 saturated heterocycles. The first-order chi connectivity index (χ1) is 6.92. The van der Waals surface area contributed by atoms with E-state index in [0.717, 1.165) is 6.42 Å². The fraction of sp³-hybridized carbons (Fsp3) is 0.900. The maximum absolute atomic E-state index is 11.3. The molecule has 0 heterocycles. The van der Waals surface area contributed by atoms with Crippen molar-refractivity contribution < 1.29 is 14.4 Å². The molecule has 1 aliphatic rings. The summed E-state index contributed by atoms with van der Waals surface area (Å²) < 4.78 is 5.11. The lowest BCUT2D eigenvalue weighted by Crippen LogP contribution is -2.33. The van der Waals surface area contributed by atoms with Crippen molar-refractivity contribution in [2.45, 2.75) is 32.8 Å². The predicted molar refractivity (Wildman–Crippen MR) is 56.0 cm³/mol. The van der Waals surface area contributed by atoms with E-state index in [-0.39, 0.29) is 6.09 Å². The van der Waals surface area contributed by atoms with E-state index in [1.165, 1.54) is 0 Å². The van der Waals surface area contributed by atoms with Gasteiger partial charge in [-0.25, -0.2) is 10.7 Å². The number of nitrogens with two attached hydrogens (primary N) is 1. The highest BCUT2D eigenvalue weighted by Crippen LogP contribution is 2.37. The second-order valence-corrected chi connectivity index (χ2v) is 4.97. The van der Waals surface area contributed by atoms with Crippen LogP contribution in [-0.2, 0) is 9.57 Å². The third kappa shape index (κ3) is 4.99. The fourth-order valence-corrected chi connectivity index (χ4v) is 1.42. The Morgan fingerprint density at radius 1 is 1.47 bits per heavy atom. The van der Waals surface area contributed by atoms with Gasteiger partial charge in [-0.15, -0.1) is 0 Å². The van der Waals surface area contributed by atoms with Crippen molar-refractivity contribution in [3.05, 3.63) is 0 Å². The van der Waals surface area contributed by atoms with Crippen LogP contribution in [0, 0.1) is 11.8 Å². The van der Waals surface area contributed by atoms with Gasteiger partial charge in [0.15, 0.2) is 0 Å². The quantitative estimate of drug-likeness (QED) is 0.688. The average Bonchev–Trinajstić information content (AvgIpc) is 2.78. The van der Waals surface area contributed by atoms with Crippen LogP contribution < -0.4 is 11.2 Å². The summed E-state index contributed by atoms with van der Waals surface area (Å²) in [5.74, 6) is 5.94. The van der Waals surface area contributed by atoms with E-state index in [4.69, 9.17) is 10.6 Å². The summed E-state index contributed by atoms with van der Waals surface area (Å²) in [4.78, 5) is 15.8. The average molecular weight is 216 g/mol. The maximum atomic E-state index is 11.3. The minimum absolute atomic E-state index is 0.359. The molecule has 1 amide bonds. The van der Waals surface area contributed by atoms with E-state index in [2.05, 4.69) is 10.2 Å². The summed E-state index contributed by atoms with van der Waals surface area (Å²) >= 11 is 0. The summed E-state index contributed by atoms with van der Waals surface area (Å²) in [6.45, 7) is 6.74. The molecule has 0 unspecified atom stereocenters. The van der Waals surface area contributed by atoms with Gasteiger partial charge in [-0.2, -0.15) is 0 Å². The Hall–Kier alpha value is -0.810. The number of carbonyl (C=O) groups is 1. The molecule has 0 aromatic rings. The van der Waals surface area contributed by atoms with Crippen LogP contribution in [0.3, 0.4) is 0 Å². The first-order valence-corrected chi connectivity index (χ1v) is 5.21. The molecule has 1 saturated carbocycles. The Labute approximate surface area is 90.3 Å². The topological polar surface area (TPSA) is 73.6 Å². The van der Waals surface area contributed by atoms with Crippen molar-refractivity contribution in [1.29, 1.82) is 0 Å². The third-order valence-electron chi connectivity index (χ3n) is 2.29. The molecule has 88 valence electrons. The zero-order valence-corrected chi connectivity index (χ0v) is 9.58. The van der Waals surface area contributed by atoms with Crippen LogP contribution in [-0.4, -0.2) is 24.8 Å². The van der Waals surface area contributed by atoms with Gasteiger partial charge in [-0.1, -0.05) is 0 Å². The Morgan fingerprint density at radius 3 is 2.67 bits per heavy atom. The Kier molecular flexibility index (Phi) is 3.93. The van der Waals surface area contributed by atoms with Crippen LogP contribution in [0.15, 0.2) is 0 Å². The van der Waals surface area contributed by atoms with Crippen LogP contribution in [0.5, 0.6) is 0 Å². The molecular weight excluding hydrogens is 196 g/mol. The number of carbonyl (C=O) groups excluding carboxylic acids is 1. The number of amides is 1. The van der Waals surface area contributed by atoms with Gasteiger partial charge in [0.1, 0.15) is 5.60 Å². The summed E-state index contributed by atoms with van der Waals surface area (Å²) in [5, 5.41) is 2.73. The molecule has 0 radical (unpaired) electrons. The molecule has 0 aliphatic heterocycles. The summed E-state index contributed by atoms with van der Waals surface area (Å²) in [6, 6.07) is 0. The molecule has 1 fully saturated rings. The van der Waals surface area contributed by atoms with Crippen molar-refractivity contribution in [1.82, 2.24) is 5.32 Å². The normalized spacial score (nSPS) is 24.8. The van der Waals surface area contributed by atoms with Gasteiger partial charge in [0, 0.05) is 6.54 Å². The molecule has 0 aromatic heterocycles. The maximum Gasteiger partial charge on any atom is 0.407 e. The van der Waals surface area contributed by atoms with Gasteiger partial charge in [0.2, 0.25) is 0 Å². The molecule has 5 heteroatoms. The Balaban J connectivity index is 2.09. The zero-order chi connectivity index (χ0) is 11.5. The van der Waals surface area contributed by atoms with E-state index in [1.54, 1.807) is 0 Å². The molecular formula is C10H20N2O3. The number of alkyl carbamates (subject to hydrolysis) is 1. The van der Waals surface area contributed by atoms with Crippen molar-refractivity contribution in [3.8, 4) is 0 Å². The number of hydrogen-bond donors (Lipinski definition) is 2. The second-order valence-electron chi connectivity index (χ2n) is 4.97. The lowest BCUT2D eigenvalue weighted by atomic mass is 10.2. The van der Waals surface area contributed by atoms with Gasteiger partial charge in [0.25, 0.3) is 0 Å². The summed E-state index contributed by atoms with van der Waals surface area (Å²) in [7, 11) is 0. The van der Waals surface area contributed by atoms with Crippen molar-refractivity contribution in [2.75, 3.05) is 13.2 Å². The standard InChI is InChI=1S/C10H20N2O3/c1-10(2,3)15-9(13)12-5-7-4-8(7)6-14-11/h7-8H,4-6,11H2,1-3H3,(H,12,13)/t7-,8-/m0/s1. The lowest BCUT2D eigenvalue weighted by Gasteiger charge is -2.19. The zero-order valence-electron chi connectivity index (χ0n) is 9.58. The van der Waals surface area contributed by atoms with Crippen molar-refractivity contribution in [3.63, 3.8) is 0 Å². The first kappa shape index (κ1) is 12.3. The second kappa shape index (κ2) is 4.81. The van der Waals surface area contributed by atoms with Gasteiger partial charge in [-0.05, 0) is 39.0 Å². The Morgan fingerprint density at radius 2 is 2.13 bits per heavy atom. The predicted octanol–water partition coefficient (Wildman–Crippen LogP) is 1.04. The van der Waals surface area contributed by atoms with Crippen LogP contribution in [0.25, 0.3) is 0 Å². The summed E-state index contributed by atoms with van der Waals surface area (Å²) in [6.07, 6.45) is 0.703. The highest BCUT2D eigenvalue weighted by molar-refractivity contribution is 5.67.